The van der Waals surface area contributed by atoms with Gasteiger partial charge < -0.3 is 9.64 Å². The van der Waals surface area contributed by atoms with Crippen molar-refractivity contribution in [3.05, 3.63) is 89.0 Å². The Kier molecular flexibility index (Phi) is 7.46. The summed E-state index contributed by atoms with van der Waals surface area (Å²) in [5.74, 6) is 0.0163. The van der Waals surface area contributed by atoms with Crippen LogP contribution in [-0.4, -0.2) is 27.4 Å². The molecule has 0 atom stereocenters. The lowest BCUT2D eigenvalue weighted by Gasteiger charge is -2.17. The predicted molar refractivity (Wildman–Crippen MR) is 142 cm³/mol. The smallest absolute Gasteiger partial charge is 0.343 e. The highest BCUT2D eigenvalue weighted by Gasteiger charge is 2.29. The fourth-order valence-electron chi connectivity index (χ4n) is 3.94. The SMILES string of the molecule is CCCCCCN1C(=S)c2ccc(C(=O)Oc3ccc(-c4ccc(C#N)cc4)cc3)cc2C1=S. The van der Waals surface area contributed by atoms with Crippen LogP contribution in [0.2, 0.25) is 0 Å². The molecule has 0 N–H and O–H groups in total. The molecule has 0 radical (unpaired) electrons. The Bertz CT molecular complexity index is 1280. The quantitative estimate of drug-likeness (QED) is 0.154. The summed E-state index contributed by atoms with van der Waals surface area (Å²) in [6.07, 6.45) is 4.56. The van der Waals surface area contributed by atoms with Gasteiger partial charge in [0.05, 0.1) is 17.2 Å². The normalized spacial score (nSPS) is 12.4. The first-order chi connectivity index (χ1) is 16.5. The van der Waals surface area contributed by atoms with Crippen LogP contribution >= 0.6 is 24.4 Å². The number of hydrogen-bond acceptors (Lipinski definition) is 5. The van der Waals surface area contributed by atoms with Gasteiger partial charge in [0.1, 0.15) is 15.7 Å². The zero-order valence-electron chi connectivity index (χ0n) is 18.9. The van der Waals surface area contributed by atoms with E-state index in [1.54, 1.807) is 36.4 Å². The van der Waals surface area contributed by atoms with E-state index in [1.165, 1.54) is 12.8 Å². The van der Waals surface area contributed by atoms with Crippen molar-refractivity contribution in [3.8, 4) is 22.9 Å². The van der Waals surface area contributed by atoms with Gasteiger partial charge in [-0.15, -0.1) is 0 Å². The van der Waals surface area contributed by atoms with Crippen molar-refractivity contribution in [2.75, 3.05) is 6.54 Å². The van der Waals surface area contributed by atoms with Crippen LogP contribution in [0.3, 0.4) is 0 Å². The first kappa shape index (κ1) is 23.7. The maximum atomic E-state index is 12.8. The molecule has 34 heavy (non-hydrogen) atoms. The second-order valence-electron chi connectivity index (χ2n) is 8.19. The monoisotopic (exact) mass is 484 g/mol. The highest BCUT2D eigenvalue weighted by molar-refractivity contribution is 7.82. The minimum absolute atomic E-state index is 0.438. The van der Waals surface area contributed by atoms with Crippen LogP contribution in [0.25, 0.3) is 11.1 Å². The number of rotatable bonds is 8. The van der Waals surface area contributed by atoms with Crippen molar-refractivity contribution in [1.29, 1.82) is 5.26 Å². The Morgan fingerprint density at radius 1 is 0.882 bits per heavy atom. The highest BCUT2D eigenvalue weighted by atomic mass is 32.1. The number of nitrogens with zero attached hydrogens (tertiary/aromatic N) is 2. The first-order valence-corrected chi connectivity index (χ1v) is 12.2. The lowest BCUT2D eigenvalue weighted by atomic mass is 10.0. The van der Waals surface area contributed by atoms with Gasteiger partial charge in [-0.25, -0.2) is 4.79 Å². The topological polar surface area (TPSA) is 53.3 Å². The minimum Gasteiger partial charge on any atom is -0.423 e. The summed E-state index contributed by atoms with van der Waals surface area (Å²) in [7, 11) is 0. The molecule has 6 heteroatoms. The van der Waals surface area contributed by atoms with Gasteiger partial charge in [-0.1, -0.05) is 81.0 Å². The van der Waals surface area contributed by atoms with Crippen LogP contribution in [0.4, 0.5) is 0 Å². The summed E-state index contributed by atoms with van der Waals surface area (Å²) in [5.41, 5.74) is 4.73. The number of carbonyl (C=O) groups is 1. The van der Waals surface area contributed by atoms with Crippen molar-refractivity contribution in [3.63, 3.8) is 0 Å². The van der Waals surface area contributed by atoms with Crippen molar-refractivity contribution < 1.29 is 9.53 Å². The maximum Gasteiger partial charge on any atom is 0.343 e. The van der Waals surface area contributed by atoms with Crippen molar-refractivity contribution in [1.82, 2.24) is 4.90 Å². The second kappa shape index (κ2) is 10.7. The fourth-order valence-corrected chi connectivity index (χ4v) is 4.71. The second-order valence-corrected chi connectivity index (χ2v) is 8.96. The number of unbranched alkanes of at least 4 members (excludes halogenated alkanes) is 3. The van der Waals surface area contributed by atoms with Gasteiger partial charge in [0.25, 0.3) is 0 Å². The summed E-state index contributed by atoms with van der Waals surface area (Å²) < 4.78 is 5.60. The first-order valence-electron chi connectivity index (χ1n) is 11.3. The zero-order valence-corrected chi connectivity index (χ0v) is 20.5. The number of fused-ring (bicyclic) bond motifs is 1. The summed E-state index contributed by atoms with van der Waals surface area (Å²) in [5, 5.41) is 8.94. The molecular formula is C28H24N2O2S2. The van der Waals surface area contributed by atoms with E-state index < -0.39 is 5.97 Å². The third kappa shape index (κ3) is 5.06. The van der Waals surface area contributed by atoms with Gasteiger partial charge in [-0.3, -0.25) is 0 Å². The summed E-state index contributed by atoms with van der Waals surface area (Å²) >= 11 is 11.3. The largest absolute Gasteiger partial charge is 0.423 e. The molecule has 1 heterocycles. The van der Waals surface area contributed by atoms with Gasteiger partial charge in [-0.2, -0.15) is 5.26 Å². The van der Waals surface area contributed by atoms with Crippen LogP contribution in [-0.2, 0) is 0 Å². The van der Waals surface area contributed by atoms with Crippen molar-refractivity contribution >= 4 is 40.4 Å². The molecule has 3 aromatic rings. The molecule has 0 spiro atoms. The van der Waals surface area contributed by atoms with E-state index >= 15 is 0 Å². The highest BCUT2D eigenvalue weighted by Crippen LogP contribution is 2.28. The molecule has 0 amide bonds. The minimum atomic E-state index is -0.441. The van der Waals surface area contributed by atoms with E-state index in [9.17, 15) is 4.79 Å². The van der Waals surface area contributed by atoms with Gasteiger partial charge in [0.15, 0.2) is 0 Å². The number of nitriles is 1. The predicted octanol–water partition coefficient (Wildman–Crippen LogP) is 6.69. The molecule has 0 saturated carbocycles. The molecule has 0 fully saturated rings. The molecule has 0 aromatic heterocycles. The summed E-state index contributed by atoms with van der Waals surface area (Å²) in [6, 6.07) is 22.1. The number of thiocarbonyl (C=S) groups is 2. The molecule has 1 aliphatic rings. The Morgan fingerprint density at radius 3 is 2.18 bits per heavy atom. The van der Waals surface area contributed by atoms with Crippen LogP contribution < -0.4 is 4.74 Å². The molecule has 0 unspecified atom stereocenters. The number of ether oxygens (including phenoxy) is 1. The van der Waals surface area contributed by atoms with Gasteiger partial charge in [0.2, 0.25) is 0 Å². The Hall–Kier alpha value is -3.40. The van der Waals surface area contributed by atoms with E-state index in [-0.39, 0.29) is 0 Å². The standard InChI is InChI=1S/C28H24N2O2S2/c1-2-3-4-5-16-30-26(33)24-15-12-22(17-25(24)27(30)34)28(31)32-23-13-10-21(11-14-23)20-8-6-19(18-29)7-9-20/h6-15,17H,2-5,16H2,1H3. The van der Waals surface area contributed by atoms with E-state index in [0.29, 0.717) is 21.9 Å². The third-order valence-electron chi connectivity index (χ3n) is 5.85. The van der Waals surface area contributed by atoms with E-state index in [1.807, 2.05) is 35.2 Å². The molecule has 0 aliphatic carbocycles. The summed E-state index contributed by atoms with van der Waals surface area (Å²) in [6.45, 7) is 2.99. The number of carbonyl (C=O) groups excluding carboxylic acids is 1. The van der Waals surface area contributed by atoms with Crippen LogP contribution in [0.1, 0.15) is 59.7 Å². The third-order valence-corrected chi connectivity index (χ3v) is 6.73. The van der Waals surface area contributed by atoms with Crippen LogP contribution in [0.15, 0.2) is 66.7 Å². The molecule has 1 aliphatic heterocycles. The Labute approximate surface area is 210 Å². The lowest BCUT2D eigenvalue weighted by Crippen LogP contribution is -2.29. The molecule has 170 valence electrons. The average molecular weight is 485 g/mol. The maximum absolute atomic E-state index is 12.8. The van der Waals surface area contributed by atoms with Gasteiger partial charge in [-0.05, 0) is 53.9 Å². The number of benzene rings is 3. The van der Waals surface area contributed by atoms with Crippen molar-refractivity contribution in [2.24, 2.45) is 0 Å². The van der Waals surface area contributed by atoms with Crippen LogP contribution in [0, 0.1) is 11.3 Å². The lowest BCUT2D eigenvalue weighted by molar-refractivity contribution is 0.0735. The molecular weight excluding hydrogens is 460 g/mol. The zero-order chi connectivity index (χ0) is 24.1. The number of esters is 1. The molecule has 0 bridgehead atoms. The fraction of sp³-hybridized carbons (Fsp3) is 0.214. The Balaban J connectivity index is 1.43. The number of hydrogen-bond donors (Lipinski definition) is 0. The van der Waals surface area contributed by atoms with Crippen LogP contribution in [0.5, 0.6) is 5.75 Å². The van der Waals surface area contributed by atoms with E-state index in [2.05, 4.69) is 13.0 Å². The van der Waals surface area contributed by atoms with Gasteiger partial charge in [0, 0.05) is 17.7 Å². The molecule has 4 rings (SSSR count). The van der Waals surface area contributed by atoms with Gasteiger partial charge >= 0.3 is 5.97 Å². The van der Waals surface area contributed by atoms with Crippen molar-refractivity contribution in [2.45, 2.75) is 32.6 Å². The molecule has 3 aromatic carbocycles. The average Bonchev–Trinajstić information content (AvgIpc) is 3.11. The summed E-state index contributed by atoms with van der Waals surface area (Å²) in [4.78, 5) is 16.2. The van der Waals surface area contributed by atoms with E-state index in [0.717, 1.165) is 46.6 Å². The van der Waals surface area contributed by atoms with E-state index in [4.69, 9.17) is 34.4 Å². The Morgan fingerprint density at radius 2 is 1.53 bits per heavy atom. The molecule has 0 saturated heterocycles. The molecule has 4 nitrogen and oxygen atoms in total.